The number of aromatic amines is 1. The molecule has 0 unspecified atom stereocenters. The largest absolute Gasteiger partial charge is 0.336 e. The number of nitrogens with zero attached hydrogens (tertiary/aromatic N) is 2. The van der Waals surface area contributed by atoms with E-state index in [9.17, 15) is 9.59 Å². The van der Waals surface area contributed by atoms with E-state index in [2.05, 4.69) is 41.4 Å². The Kier molecular flexibility index (Phi) is 5.55. The highest BCUT2D eigenvalue weighted by molar-refractivity contribution is 6.36. The molecule has 0 atom stereocenters. The van der Waals surface area contributed by atoms with E-state index in [1.165, 1.54) is 11.1 Å². The van der Waals surface area contributed by atoms with Crippen LogP contribution >= 0.6 is 0 Å². The van der Waals surface area contributed by atoms with Crippen LogP contribution in [0.25, 0.3) is 11.1 Å². The van der Waals surface area contributed by atoms with E-state index < -0.39 is 0 Å². The van der Waals surface area contributed by atoms with Crippen LogP contribution in [-0.2, 0) is 9.59 Å². The van der Waals surface area contributed by atoms with Crippen molar-refractivity contribution in [1.29, 1.82) is 0 Å². The van der Waals surface area contributed by atoms with Gasteiger partial charge in [0.1, 0.15) is 0 Å². The first-order valence-electron chi connectivity index (χ1n) is 9.38. The molecule has 26 heavy (non-hydrogen) atoms. The van der Waals surface area contributed by atoms with Crippen molar-refractivity contribution in [3.8, 4) is 11.1 Å². The minimum atomic E-state index is -0.319. The zero-order valence-electron chi connectivity index (χ0n) is 15.8. The standard InChI is InChI=1S/C21H27N3O2/c1-14(2)11-19(25)21(26)24-9-7-16(8-10-24)20-18(13-22-23-20)17-6-4-5-15(3)12-17/h4-6,12-14,16H,7-11H2,1-3H3,(H,22,23). The minimum absolute atomic E-state index is 0.214. The first-order valence-corrected chi connectivity index (χ1v) is 9.38. The Morgan fingerprint density at radius 2 is 2.00 bits per heavy atom. The maximum Gasteiger partial charge on any atom is 0.289 e. The summed E-state index contributed by atoms with van der Waals surface area (Å²) in [4.78, 5) is 26.0. The summed E-state index contributed by atoms with van der Waals surface area (Å²) in [5.41, 5.74) is 4.66. The molecule has 1 aliphatic heterocycles. The normalized spacial score (nSPS) is 15.5. The second kappa shape index (κ2) is 7.85. The van der Waals surface area contributed by atoms with Crippen LogP contribution in [0.1, 0.15) is 50.3 Å². The highest BCUT2D eigenvalue weighted by Crippen LogP contribution is 2.34. The molecular weight excluding hydrogens is 326 g/mol. The van der Waals surface area contributed by atoms with Crippen molar-refractivity contribution in [1.82, 2.24) is 15.1 Å². The number of benzene rings is 1. The maximum absolute atomic E-state index is 12.3. The van der Waals surface area contributed by atoms with E-state index in [1.807, 2.05) is 20.0 Å². The minimum Gasteiger partial charge on any atom is -0.336 e. The average molecular weight is 353 g/mol. The van der Waals surface area contributed by atoms with Gasteiger partial charge in [-0.3, -0.25) is 14.7 Å². The molecule has 2 aromatic rings. The molecule has 5 heteroatoms. The third-order valence-corrected chi connectivity index (χ3v) is 5.02. The zero-order chi connectivity index (χ0) is 18.7. The lowest BCUT2D eigenvalue weighted by Gasteiger charge is -2.31. The first kappa shape index (κ1) is 18.4. The van der Waals surface area contributed by atoms with Gasteiger partial charge in [-0.25, -0.2) is 0 Å². The second-order valence-electron chi connectivity index (χ2n) is 7.65. The first-order chi connectivity index (χ1) is 12.5. The van der Waals surface area contributed by atoms with Crippen molar-refractivity contribution in [3.63, 3.8) is 0 Å². The van der Waals surface area contributed by atoms with Crippen LogP contribution in [-0.4, -0.2) is 39.9 Å². The zero-order valence-corrected chi connectivity index (χ0v) is 15.8. The number of aryl methyl sites for hydroxylation is 1. The lowest BCUT2D eigenvalue weighted by molar-refractivity contribution is -0.145. The summed E-state index contributed by atoms with van der Waals surface area (Å²) in [5, 5.41) is 7.42. The topological polar surface area (TPSA) is 66.1 Å². The molecule has 1 saturated heterocycles. The fourth-order valence-corrected chi connectivity index (χ4v) is 3.66. The SMILES string of the molecule is Cc1cccc(-c2cn[nH]c2C2CCN(C(=O)C(=O)CC(C)C)CC2)c1. The number of carbonyl (C=O) groups excluding carboxylic acids is 2. The third kappa shape index (κ3) is 4.03. The Bertz CT molecular complexity index is 786. The van der Waals surface area contributed by atoms with Gasteiger partial charge in [-0.15, -0.1) is 0 Å². The number of hydrogen-bond donors (Lipinski definition) is 1. The fraction of sp³-hybridized carbons (Fsp3) is 0.476. The summed E-state index contributed by atoms with van der Waals surface area (Å²) in [7, 11) is 0. The number of ketones is 1. The van der Waals surface area contributed by atoms with Crippen molar-refractivity contribution in [3.05, 3.63) is 41.7 Å². The van der Waals surface area contributed by atoms with Gasteiger partial charge in [0.2, 0.25) is 5.78 Å². The number of piperidine rings is 1. The molecule has 5 nitrogen and oxygen atoms in total. The maximum atomic E-state index is 12.3. The number of rotatable bonds is 5. The number of aromatic nitrogens is 2. The number of likely N-dealkylation sites (tertiary alicyclic amines) is 1. The number of carbonyl (C=O) groups is 2. The molecule has 1 fully saturated rings. The Balaban J connectivity index is 1.67. The number of H-pyrrole nitrogens is 1. The molecule has 0 aliphatic carbocycles. The van der Waals surface area contributed by atoms with Gasteiger partial charge in [-0.05, 0) is 31.2 Å². The average Bonchev–Trinajstić information content (AvgIpc) is 3.10. The smallest absolute Gasteiger partial charge is 0.289 e. The fourth-order valence-electron chi connectivity index (χ4n) is 3.66. The summed E-state index contributed by atoms with van der Waals surface area (Å²) in [6.07, 6.45) is 3.91. The predicted octanol–water partition coefficient (Wildman–Crippen LogP) is 3.71. The van der Waals surface area contributed by atoms with E-state index >= 15 is 0 Å². The number of Topliss-reactive ketones (excluding diaryl/α,β-unsaturated/α-hetero) is 1. The molecule has 1 N–H and O–H groups in total. The highest BCUT2D eigenvalue weighted by atomic mass is 16.2. The van der Waals surface area contributed by atoms with Crippen LogP contribution < -0.4 is 0 Å². The van der Waals surface area contributed by atoms with Crippen LogP contribution in [0.3, 0.4) is 0 Å². The lowest BCUT2D eigenvalue weighted by Crippen LogP contribution is -2.42. The molecule has 138 valence electrons. The molecule has 0 saturated carbocycles. The monoisotopic (exact) mass is 353 g/mol. The molecule has 1 aromatic heterocycles. The second-order valence-corrected chi connectivity index (χ2v) is 7.65. The molecule has 2 heterocycles. The number of nitrogens with one attached hydrogen (secondary N) is 1. The number of hydrogen-bond acceptors (Lipinski definition) is 3. The molecule has 3 rings (SSSR count). The Labute approximate surface area is 154 Å². The molecule has 1 aromatic carbocycles. The Morgan fingerprint density at radius 1 is 1.27 bits per heavy atom. The van der Waals surface area contributed by atoms with Gasteiger partial charge in [-0.2, -0.15) is 5.10 Å². The lowest BCUT2D eigenvalue weighted by atomic mass is 9.89. The van der Waals surface area contributed by atoms with E-state index in [4.69, 9.17) is 0 Å². The molecule has 0 radical (unpaired) electrons. The highest BCUT2D eigenvalue weighted by Gasteiger charge is 2.29. The molecule has 0 spiro atoms. The Morgan fingerprint density at radius 3 is 2.65 bits per heavy atom. The molecule has 1 amide bonds. The van der Waals surface area contributed by atoms with Gasteiger partial charge in [0.15, 0.2) is 0 Å². The molecular formula is C21H27N3O2. The quantitative estimate of drug-likeness (QED) is 0.834. The van der Waals surface area contributed by atoms with Gasteiger partial charge < -0.3 is 4.90 Å². The van der Waals surface area contributed by atoms with Crippen molar-refractivity contribution < 1.29 is 9.59 Å². The summed E-state index contributed by atoms with van der Waals surface area (Å²) >= 11 is 0. The van der Waals surface area contributed by atoms with Crippen molar-refractivity contribution in [2.24, 2.45) is 5.92 Å². The summed E-state index contributed by atoms with van der Waals surface area (Å²) in [6, 6.07) is 8.41. The van der Waals surface area contributed by atoms with E-state index in [1.54, 1.807) is 4.90 Å². The van der Waals surface area contributed by atoms with Crippen LogP contribution in [0.15, 0.2) is 30.5 Å². The molecule has 0 bridgehead atoms. The van der Waals surface area contributed by atoms with Crippen LogP contribution in [0.4, 0.5) is 0 Å². The van der Waals surface area contributed by atoms with Gasteiger partial charge >= 0.3 is 0 Å². The third-order valence-electron chi connectivity index (χ3n) is 5.02. The van der Waals surface area contributed by atoms with Crippen molar-refractivity contribution in [2.45, 2.75) is 46.0 Å². The van der Waals surface area contributed by atoms with Gasteiger partial charge in [0.05, 0.1) is 6.20 Å². The van der Waals surface area contributed by atoms with E-state index in [-0.39, 0.29) is 17.6 Å². The predicted molar refractivity (Wildman–Crippen MR) is 102 cm³/mol. The Hall–Kier alpha value is -2.43. The van der Waals surface area contributed by atoms with Gasteiger partial charge in [0.25, 0.3) is 5.91 Å². The number of amides is 1. The van der Waals surface area contributed by atoms with E-state index in [0.717, 1.165) is 24.1 Å². The van der Waals surface area contributed by atoms with Gasteiger partial charge in [-0.1, -0.05) is 43.7 Å². The summed E-state index contributed by atoms with van der Waals surface area (Å²) < 4.78 is 0. The van der Waals surface area contributed by atoms with Crippen LogP contribution in [0, 0.1) is 12.8 Å². The summed E-state index contributed by atoms with van der Waals surface area (Å²) in [6.45, 7) is 7.26. The van der Waals surface area contributed by atoms with Crippen molar-refractivity contribution in [2.75, 3.05) is 13.1 Å². The van der Waals surface area contributed by atoms with Crippen LogP contribution in [0.2, 0.25) is 0 Å². The summed E-state index contributed by atoms with van der Waals surface area (Å²) in [5.74, 6) is -0.0377. The van der Waals surface area contributed by atoms with E-state index in [0.29, 0.717) is 25.4 Å². The molecule has 1 aliphatic rings. The van der Waals surface area contributed by atoms with Gasteiger partial charge in [0, 0.05) is 36.7 Å². The van der Waals surface area contributed by atoms with Crippen molar-refractivity contribution >= 4 is 11.7 Å². The van der Waals surface area contributed by atoms with Crippen LogP contribution in [0.5, 0.6) is 0 Å².